The van der Waals surface area contributed by atoms with Crippen LogP contribution in [0.4, 0.5) is 4.79 Å². The maximum Gasteiger partial charge on any atom is 0.325 e. The lowest BCUT2D eigenvalue weighted by molar-refractivity contribution is -0.134. The summed E-state index contributed by atoms with van der Waals surface area (Å²) in [5.41, 5.74) is 0.614. The zero-order chi connectivity index (χ0) is 18.0. The fraction of sp³-hybridized carbons (Fsp3) is 0.500. The van der Waals surface area contributed by atoms with Crippen LogP contribution >= 0.6 is 0 Å². The number of ether oxygens (including phenoxy) is 1. The van der Waals surface area contributed by atoms with Gasteiger partial charge in [0.1, 0.15) is 12.1 Å². The molecule has 7 nitrogen and oxygen atoms in total. The van der Waals surface area contributed by atoms with E-state index < -0.39 is 17.5 Å². The molecule has 0 aliphatic carbocycles. The van der Waals surface area contributed by atoms with Gasteiger partial charge in [0.25, 0.3) is 5.91 Å². The third-order valence-electron chi connectivity index (χ3n) is 4.82. The van der Waals surface area contributed by atoms with Gasteiger partial charge in [0.15, 0.2) is 0 Å². The number of amides is 4. The number of carbonyl (C=O) groups is 3. The van der Waals surface area contributed by atoms with Crippen LogP contribution in [-0.4, -0.2) is 49.0 Å². The number of nitrogens with one attached hydrogen (secondary N) is 2. The Hall–Kier alpha value is -2.41. The summed E-state index contributed by atoms with van der Waals surface area (Å²) in [6.45, 7) is 5.17. The number of benzene rings is 1. The molecule has 0 unspecified atom stereocenters. The molecule has 2 atom stereocenters. The predicted octanol–water partition coefficient (Wildman–Crippen LogP) is 0.915. The van der Waals surface area contributed by atoms with Crippen LogP contribution in [0, 0.1) is 12.8 Å². The second kappa shape index (κ2) is 6.84. The minimum atomic E-state index is -1.15. The van der Waals surface area contributed by atoms with Crippen LogP contribution in [0.25, 0.3) is 0 Å². The molecule has 2 heterocycles. The number of hydrogen-bond acceptors (Lipinski definition) is 4. The Bertz CT molecular complexity index is 682. The topological polar surface area (TPSA) is 87.7 Å². The minimum Gasteiger partial charge on any atom is -0.381 e. The van der Waals surface area contributed by atoms with Crippen molar-refractivity contribution in [1.29, 1.82) is 0 Å². The molecule has 0 bridgehead atoms. The summed E-state index contributed by atoms with van der Waals surface area (Å²) < 4.78 is 5.26. The monoisotopic (exact) mass is 345 g/mol. The molecule has 3 rings (SSSR count). The SMILES string of the molecule is Cc1ccc([C@]2(C)NC(=O)N(CC(=O)NC[C@H]3CCOC3)C2=O)cc1. The highest BCUT2D eigenvalue weighted by atomic mass is 16.5. The van der Waals surface area contributed by atoms with Gasteiger partial charge in [-0.15, -0.1) is 0 Å². The standard InChI is InChI=1S/C18H23N3O4/c1-12-3-5-14(6-4-12)18(2)16(23)21(17(24)20-18)10-15(22)19-9-13-7-8-25-11-13/h3-6,13H,7-11H2,1-2H3,(H,19,22)(H,20,24)/t13-,18+/m1/s1. The molecule has 0 radical (unpaired) electrons. The van der Waals surface area contributed by atoms with Crippen molar-refractivity contribution in [1.82, 2.24) is 15.5 Å². The fourth-order valence-corrected chi connectivity index (χ4v) is 3.13. The van der Waals surface area contributed by atoms with E-state index in [0.717, 1.165) is 16.9 Å². The van der Waals surface area contributed by atoms with Crippen LogP contribution in [0.1, 0.15) is 24.5 Å². The van der Waals surface area contributed by atoms with Gasteiger partial charge < -0.3 is 15.4 Å². The van der Waals surface area contributed by atoms with Crippen molar-refractivity contribution in [2.45, 2.75) is 25.8 Å². The van der Waals surface area contributed by atoms with E-state index in [1.54, 1.807) is 6.92 Å². The van der Waals surface area contributed by atoms with Crippen LogP contribution in [-0.2, 0) is 19.9 Å². The summed E-state index contributed by atoms with van der Waals surface area (Å²) in [5, 5.41) is 5.48. The molecule has 0 saturated carbocycles. The molecule has 134 valence electrons. The van der Waals surface area contributed by atoms with Crippen LogP contribution in [0.15, 0.2) is 24.3 Å². The lowest BCUT2D eigenvalue weighted by atomic mass is 9.91. The highest BCUT2D eigenvalue weighted by Gasteiger charge is 2.49. The van der Waals surface area contributed by atoms with Gasteiger partial charge in [0.2, 0.25) is 5.91 Å². The van der Waals surface area contributed by atoms with E-state index >= 15 is 0 Å². The number of urea groups is 1. The van der Waals surface area contributed by atoms with Gasteiger partial charge >= 0.3 is 6.03 Å². The molecule has 2 fully saturated rings. The Morgan fingerprint density at radius 1 is 1.36 bits per heavy atom. The van der Waals surface area contributed by atoms with Gasteiger partial charge in [-0.05, 0) is 25.8 Å². The molecule has 25 heavy (non-hydrogen) atoms. The molecule has 2 aliphatic heterocycles. The summed E-state index contributed by atoms with van der Waals surface area (Å²) in [4.78, 5) is 38.1. The first-order valence-electron chi connectivity index (χ1n) is 8.46. The Morgan fingerprint density at radius 2 is 2.08 bits per heavy atom. The summed E-state index contributed by atoms with van der Waals surface area (Å²) in [5.74, 6) is -0.464. The smallest absolute Gasteiger partial charge is 0.325 e. The van der Waals surface area contributed by atoms with Gasteiger partial charge in [-0.1, -0.05) is 29.8 Å². The highest BCUT2D eigenvalue weighted by Crippen LogP contribution is 2.28. The highest BCUT2D eigenvalue weighted by molar-refractivity contribution is 6.09. The van der Waals surface area contributed by atoms with Crippen molar-refractivity contribution in [2.75, 3.05) is 26.3 Å². The first-order valence-corrected chi connectivity index (χ1v) is 8.46. The van der Waals surface area contributed by atoms with Crippen molar-refractivity contribution in [3.05, 3.63) is 35.4 Å². The number of aryl methyl sites for hydroxylation is 1. The molecule has 1 aromatic carbocycles. The largest absolute Gasteiger partial charge is 0.381 e. The maximum atomic E-state index is 12.8. The van der Waals surface area contributed by atoms with Crippen molar-refractivity contribution in [2.24, 2.45) is 5.92 Å². The number of nitrogens with zero attached hydrogens (tertiary/aromatic N) is 1. The second-order valence-corrected chi connectivity index (χ2v) is 6.85. The quantitative estimate of drug-likeness (QED) is 0.777. The zero-order valence-electron chi connectivity index (χ0n) is 14.5. The third kappa shape index (κ3) is 3.51. The molecule has 0 aromatic heterocycles. The molecule has 1 aromatic rings. The average molecular weight is 345 g/mol. The molecule has 2 aliphatic rings. The molecular formula is C18H23N3O4. The lowest BCUT2D eigenvalue weighted by Gasteiger charge is -2.22. The Kier molecular flexibility index (Phi) is 4.76. The summed E-state index contributed by atoms with van der Waals surface area (Å²) in [6, 6.07) is 6.86. The van der Waals surface area contributed by atoms with Crippen molar-refractivity contribution < 1.29 is 19.1 Å². The molecule has 0 spiro atoms. The van der Waals surface area contributed by atoms with E-state index in [4.69, 9.17) is 4.74 Å². The Labute approximate surface area is 146 Å². The van der Waals surface area contributed by atoms with E-state index in [1.807, 2.05) is 31.2 Å². The summed E-state index contributed by atoms with van der Waals surface area (Å²) >= 11 is 0. The molecule has 2 N–H and O–H groups in total. The van der Waals surface area contributed by atoms with Gasteiger partial charge in [-0.25, -0.2) is 4.79 Å². The number of rotatable bonds is 5. The van der Waals surface area contributed by atoms with Gasteiger partial charge in [-0.3, -0.25) is 14.5 Å². The zero-order valence-corrected chi connectivity index (χ0v) is 14.5. The predicted molar refractivity (Wildman–Crippen MR) is 90.7 cm³/mol. The Morgan fingerprint density at radius 3 is 2.72 bits per heavy atom. The first-order chi connectivity index (χ1) is 11.9. The van der Waals surface area contributed by atoms with E-state index in [1.165, 1.54) is 0 Å². The van der Waals surface area contributed by atoms with Crippen molar-refractivity contribution >= 4 is 17.8 Å². The maximum absolute atomic E-state index is 12.8. The summed E-state index contributed by atoms with van der Waals surface area (Å²) in [6.07, 6.45) is 0.912. The van der Waals surface area contributed by atoms with E-state index in [9.17, 15) is 14.4 Å². The molecule has 7 heteroatoms. The van der Waals surface area contributed by atoms with Gasteiger partial charge in [0.05, 0.1) is 6.61 Å². The summed E-state index contributed by atoms with van der Waals surface area (Å²) in [7, 11) is 0. The van der Waals surface area contributed by atoms with E-state index in [-0.39, 0.29) is 12.5 Å². The van der Waals surface area contributed by atoms with Crippen LogP contribution in [0.5, 0.6) is 0 Å². The Balaban J connectivity index is 1.64. The molecule has 2 saturated heterocycles. The average Bonchev–Trinajstić information content (AvgIpc) is 3.17. The van der Waals surface area contributed by atoms with Crippen LogP contribution in [0.3, 0.4) is 0 Å². The van der Waals surface area contributed by atoms with E-state index in [0.29, 0.717) is 31.2 Å². The fourth-order valence-electron chi connectivity index (χ4n) is 3.13. The molecule has 4 amide bonds. The van der Waals surface area contributed by atoms with Gasteiger partial charge in [0, 0.05) is 19.1 Å². The minimum absolute atomic E-state index is 0.278. The number of imide groups is 1. The molecular weight excluding hydrogens is 322 g/mol. The normalized spacial score (nSPS) is 26.0. The van der Waals surface area contributed by atoms with E-state index in [2.05, 4.69) is 10.6 Å². The van der Waals surface area contributed by atoms with Crippen molar-refractivity contribution in [3.63, 3.8) is 0 Å². The third-order valence-corrected chi connectivity index (χ3v) is 4.82. The van der Waals surface area contributed by atoms with Crippen LogP contribution < -0.4 is 10.6 Å². The van der Waals surface area contributed by atoms with Crippen molar-refractivity contribution in [3.8, 4) is 0 Å². The second-order valence-electron chi connectivity index (χ2n) is 6.85. The number of carbonyl (C=O) groups excluding carboxylic acids is 3. The number of hydrogen-bond donors (Lipinski definition) is 2. The van der Waals surface area contributed by atoms with Crippen LogP contribution in [0.2, 0.25) is 0 Å². The first kappa shape index (κ1) is 17.4. The van der Waals surface area contributed by atoms with Gasteiger partial charge in [-0.2, -0.15) is 0 Å². The lowest BCUT2D eigenvalue weighted by Crippen LogP contribution is -2.44.